The number of rotatable bonds is 9. The molecule has 1 aliphatic carbocycles. The van der Waals surface area contributed by atoms with Gasteiger partial charge >= 0.3 is 13.1 Å². The van der Waals surface area contributed by atoms with E-state index in [9.17, 15) is 10.1 Å². The first kappa shape index (κ1) is 28.3. The number of hydrogen-bond acceptors (Lipinski definition) is 6. The van der Waals surface area contributed by atoms with E-state index < -0.39 is 18.3 Å². The summed E-state index contributed by atoms with van der Waals surface area (Å²) in [5, 5.41) is 19.6. The molecule has 0 radical (unpaired) electrons. The van der Waals surface area contributed by atoms with Crippen molar-refractivity contribution in [1.82, 2.24) is 25.4 Å². The van der Waals surface area contributed by atoms with E-state index in [1.165, 1.54) is 28.5 Å². The van der Waals surface area contributed by atoms with Gasteiger partial charge in [0, 0.05) is 6.54 Å². The number of carbonyl (C=O) groups is 1. The average Bonchev–Trinajstić information content (AvgIpc) is 3.49. The molecule has 1 aromatic carbocycles. The zero-order valence-electron chi connectivity index (χ0n) is 23.4. The zero-order valence-corrected chi connectivity index (χ0v) is 23.4. The summed E-state index contributed by atoms with van der Waals surface area (Å²) in [4.78, 5) is 16.9. The second-order valence-electron chi connectivity index (χ2n) is 11.1. The molecule has 9 nitrogen and oxygen atoms in total. The lowest BCUT2D eigenvalue weighted by Crippen LogP contribution is -2.51. The Kier molecular flexibility index (Phi) is 8.73. The number of nitrogens with one attached hydrogen (secondary N) is 2. The van der Waals surface area contributed by atoms with Crippen molar-refractivity contribution in [2.75, 3.05) is 6.54 Å². The number of amides is 2. The molecule has 2 aliphatic rings. The van der Waals surface area contributed by atoms with Gasteiger partial charge in [-0.2, -0.15) is 10.4 Å². The molecule has 2 heterocycles. The molecule has 2 amide bonds. The second kappa shape index (κ2) is 12.0. The highest BCUT2D eigenvalue weighted by atomic mass is 16.7. The van der Waals surface area contributed by atoms with E-state index in [4.69, 9.17) is 9.31 Å². The largest absolute Gasteiger partial charge is 0.482 e. The first-order chi connectivity index (χ1) is 18.6. The fourth-order valence-electron chi connectivity index (χ4n) is 4.52. The van der Waals surface area contributed by atoms with Crippen molar-refractivity contribution in [2.45, 2.75) is 77.4 Å². The third-order valence-corrected chi connectivity index (χ3v) is 7.58. The van der Waals surface area contributed by atoms with Gasteiger partial charge in [-0.05, 0) is 77.5 Å². The van der Waals surface area contributed by atoms with Crippen LogP contribution < -0.4 is 10.6 Å². The Morgan fingerprint density at radius 2 is 2.00 bits per heavy atom. The zero-order chi connectivity index (χ0) is 28.0. The number of aromatic nitrogens is 3. The number of nitriles is 1. The van der Waals surface area contributed by atoms with Gasteiger partial charge in [0.1, 0.15) is 24.4 Å². The van der Waals surface area contributed by atoms with Crippen molar-refractivity contribution >= 4 is 24.9 Å². The number of nitrogens with zero attached hydrogens (tertiary/aromatic N) is 4. The Bertz CT molecular complexity index is 1290. The highest BCUT2D eigenvalue weighted by Gasteiger charge is 2.54. The number of hydrogen-bond donors (Lipinski definition) is 2. The van der Waals surface area contributed by atoms with Gasteiger partial charge in [-0.15, -0.1) is 0 Å². The lowest BCUT2D eigenvalue weighted by molar-refractivity contribution is 0.00578. The predicted octanol–water partition coefficient (Wildman–Crippen LogP) is 4.70. The Morgan fingerprint density at radius 1 is 1.23 bits per heavy atom. The molecule has 1 aliphatic heterocycles. The van der Waals surface area contributed by atoms with E-state index in [1.807, 2.05) is 52.0 Å². The van der Waals surface area contributed by atoms with Gasteiger partial charge in [0.15, 0.2) is 0 Å². The van der Waals surface area contributed by atoms with Crippen molar-refractivity contribution in [1.29, 1.82) is 5.26 Å². The minimum absolute atomic E-state index is 0.258. The third-order valence-electron chi connectivity index (χ3n) is 7.58. The van der Waals surface area contributed by atoms with Gasteiger partial charge in [0.2, 0.25) is 0 Å². The monoisotopic (exact) mass is 528 g/mol. The van der Waals surface area contributed by atoms with Crippen LogP contribution in [0, 0.1) is 11.3 Å². The summed E-state index contributed by atoms with van der Waals surface area (Å²) in [6, 6.07) is 9.72. The molecule has 2 aromatic rings. The minimum Gasteiger partial charge on any atom is -0.402 e. The Morgan fingerprint density at radius 3 is 2.64 bits per heavy atom. The first-order valence-corrected chi connectivity index (χ1v) is 13.4. The lowest BCUT2D eigenvalue weighted by atomic mass is 9.73. The van der Waals surface area contributed by atoms with Gasteiger partial charge in [0.05, 0.1) is 17.1 Å². The van der Waals surface area contributed by atoms with E-state index in [1.54, 1.807) is 6.08 Å². The van der Waals surface area contributed by atoms with Crippen LogP contribution in [0.25, 0.3) is 11.8 Å². The first-order valence-electron chi connectivity index (χ1n) is 13.4. The maximum absolute atomic E-state index is 13.0. The van der Waals surface area contributed by atoms with Gasteiger partial charge in [0.25, 0.3) is 0 Å². The van der Waals surface area contributed by atoms with Crippen LogP contribution >= 0.6 is 0 Å². The summed E-state index contributed by atoms with van der Waals surface area (Å²) in [5.41, 5.74) is 3.95. The summed E-state index contributed by atoms with van der Waals surface area (Å²) < 4.78 is 14.0. The SMILES string of the molecule is CC1=CC=C(C[C@H](NC(=O)NCCc2cccc(/C=C(\C#N)n3cncn3)c2)B2OC(C)(C)C(C)(C)O2)CC1. The average molecular weight is 528 g/mol. The van der Waals surface area contributed by atoms with E-state index in [-0.39, 0.29) is 12.0 Å². The van der Waals surface area contributed by atoms with Crippen LogP contribution in [0.4, 0.5) is 4.79 Å². The quantitative estimate of drug-likeness (QED) is 0.360. The summed E-state index contributed by atoms with van der Waals surface area (Å²) in [6.07, 6.45) is 12.2. The van der Waals surface area contributed by atoms with Crippen LogP contribution in [-0.2, 0) is 15.7 Å². The summed E-state index contributed by atoms with van der Waals surface area (Å²) in [7, 11) is -0.545. The number of carbonyl (C=O) groups excluding carboxylic acids is 1. The molecule has 4 rings (SSSR count). The Balaban J connectivity index is 1.37. The van der Waals surface area contributed by atoms with Crippen molar-refractivity contribution < 1.29 is 14.1 Å². The molecule has 1 fully saturated rings. The Labute approximate surface area is 231 Å². The highest BCUT2D eigenvalue weighted by Crippen LogP contribution is 2.38. The number of allylic oxidation sites excluding steroid dienone is 4. The number of urea groups is 1. The number of benzene rings is 1. The molecular weight excluding hydrogens is 491 g/mol. The molecule has 1 aromatic heterocycles. The summed E-state index contributed by atoms with van der Waals surface area (Å²) in [6.45, 7) is 10.7. The molecule has 0 spiro atoms. The van der Waals surface area contributed by atoms with E-state index in [0.29, 0.717) is 25.1 Å². The summed E-state index contributed by atoms with van der Waals surface area (Å²) >= 11 is 0. The smallest absolute Gasteiger partial charge is 0.402 e. The van der Waals surface area contributed by atoms with Crippen LogP contribution in [-0.4, -0.2) is 51.6 Å². The van der Waals surface area contributed by atoms with Crippen molar-refractivity contribution in [3.05, 3.63) is 71.3 Å². The molecule has 2 N–H and O–H groups in total. The summed E-state index contributed by atoms with van der Waals surface area (Å²) in [5.74, 6) is -0.321. The van der Waals surface area contributed by atoms with Crippen molar-refractivity contribution in [3.63, 3.8) is 0 Å². The van der Waals surface area contributed by atoms with Gasteiger partial charge < -0.3 is 19.9 Å². The highest BCUT2D eigenvalue weighted by molar-refractivity contribution is 6.48. The van der Waals surface area contributed by atoms with E-state index in [0.717, 1.165) is 24.0 Å². The molecule has 1 saturated heterocycles. The lowest BCUT2D eigenvalue weighted by Gasteiger charge is -2.32. The van der Waals surface area contributed by atoms with E-state index >= 15 is 0 Å². The molecule has 0 unspecified atom stereocenters. The third kappa shape index (κ3) is 7.25. The fourth-order valence-corrected chi connectivity index (χ4v) is 4.52. The fraction of sp³-hybridized carbons (Fsp3) is 0.448. The maximum Gasteiger partial charge on any atom is 0.482 e. The van der Waals surface area contributed by atoms with Crippen LogP contribution in [0.15, 0.2) is 60.2 Å². The van der Waals surface area contributed by atoms with Crippen LogP contribution in [0.1, 0.15) is 65.0 Å². The minimum atomic E-state index is -0.545. The molecular formula is C29H37BN6O3. The normalized spacial score (nSPS) is 19.1. The van der Waals surface area contributed by atoms with Crippen LogP contribution in [0.3, 0.4) is 0 Å². The molecule has 0 bridgehead atoms. The van der Waals surface area contributed by atoms with Crippen molar-refractivity contribution in [2.24, 2.45) is 0 Å². The molecule has 10 heteroatoms. The standard InChI is InChI=1S/C29H37BN6O3/c1-21-9-11-23(12-10-21)17-26(30-38-28(2,3)29(4,5)39-30)35-27(37)33-14-13-22-7-6-8-24(15-22)16-25(18-31)36-20-32-19-34-36/h6-9,11,15-16,19-20,26H,10,12-14,17H2,1-5H3,(H2,33,35,37)/b25-16+/t26-/m0/s1. The Hall–Kier alpha value is -3.68. The molecule has 39 heavy (non-hydrogen) atoms. The predicted molar refractivity (Wildman–Crippen MR) is 152 cm³/mol. The maximum atomic E-state index is 13.0. The molecule has 1 atom stereocenters. The van der Waals surface area contributed by atoms with Gasteiger partial charge in [-0.3, -0.25) is 0 Å². The topological polar surface area (TPSA) is 114 Å². The second-order valence-corrected chi connectivity index (χ2v) is 11.1. The van der Waals surface area contributed by atoms with Gasteiger partial charge in [-0.25, -0.2) is 14.5 Å². The van der Waals surface area contributed by atoms with Crippen LogP contribution in [0.2, 0.25) is 0 Å². The van der Waals surface area contributed by atoms with Crippen LogP contribution in [0.5, 0.6) is 0 Å². The van der Waals surface area contributed by atoms with E-state index in [2.05, 4.69) is 45.9 Å². The molecule has 0 saturated carbocycles. The van der Waals surface area contributed by atoms with Crippen molar-refractivity contribution in [3.8, 4) is 6.07 Å². The van der Waals surface area contributed by atoms with Gasteiger partial charge in [-0.1, -0.05) is 47.6 Å². The molecule has 204 valence electrons.